The molecular weight excluding hydrogens is 388 g/mol. The average Bonchev–Trinajstić information content (AvgIpc) is 2.68. The SMILES string of the molecule is CC(C)(C)OC(=O)N1CC[C@@H](NC(=O)c2ccc(Cl)cc2)C(c2ccccc2)C1. The Morgan fingerprint density at radius 2 is 1.72 bits per heavy atom. The highest BCUT2D eigenvalue weighted by Gasteiger charge is 2.35. The molecule has 5 nitrogen and oxygen atoms in total. The molecule has 1 saturated heterocycles. The van der Waals surface area contributed by atoms with Crippen LogP contribution in [0, 0.1) is 0 Å². The van der Waals surface area contributed by atoms with Gasteiger partial charge >= 0.3 is 6.09 Å². The lowest BCUT2D eigenvalue weighted by molar-refractivity contribution is 0.0177. The number of benzene rings is 2. The molecule has 0 aromatic heterocycles. The molecule has 0 spiro atoms. The smallest absolute Gasteiger partial charge is 0.410 e. The van der Waals surface area contributed by atoms with Crippen molar-refractivity contribution >= 4 is 23.6 Å². The Hall–Kier alpha value is -2.53. The fourth-order valence-electron chi connectivity index (χ4n) is 3.51. The van der Waals surface area contributed by atoms with E-state index in [1.807, 2.05) is 51.1 Å². The number of carbonyl (C=O) groups is 2. The summed E-state index contributed by atoms with van der Waals surface area (Å²) in [5, 5.41) is 3.74. The number of ether oxygens (including phenoxy) is 1. The van der Waals surface area contributed by atoms with E-state index in [1.165, 1.54) is 0 Å². The summed E-state index contributed by atoms with van der Waals surface area (Å²) in [4.78, 5) is 27.1. The second-order valence-electron chi connectivity index (χ2n) is 8.32. The number of hydrogen-bond acceptors (Lipinski definition) is 3. The topological polar surface area (TPSA) is 58.6 Å². The summed E-state index contributed by atoms with van der Waals surface area (Å²) >= 11 is 5.92. The third kappa shape index (κ3) is 5.73. The largest absolute Gasteiger partial charge is 0.444 e. The predicted molar refractivity (Wildman–Crippen MR) is 114 cm³/mol. The van der Waals surface area contributed by atoms with E-state index in [0.29, 0.717) is 30.1 Å². The van der Waals surface area contributed by atoms with Crippen molar-refractivity contribution in [2.24, 2.45) is 0 Å². The summed E-state index contributed by atoms with van der Waals surface area (Å²) in [6.45, 7) is 6.60. The zero-order valence-corrected chi connectivity index (χ0v) is 17.8. The molecule has 1 fully saturated rings. The molecule has 2 aromatic rings. The van der Waals surface area contributed by atoms with Gasteiger partial charge in [-0.25, -0.2) is 4.79 Å². The number of likely N-dealkylation sites (tertiary alicyclic amines) is 1. The molecule has 1 aliphatic heterocycles. The summed E-state index contributed by atoms with van der Waals surface area (Å²) in [5.74, 6) is -0.160. The van der Waals surface area contributed by atoms with E-state index < -0.39 is 5.60 Å². The van der Waals surface area contributed by atoms with Gasteiger partial charge < -0.3 is 15.0 Å². The third-order valence-corrected chi connectivity index (χ3v) is 5.17. The summed E-state index contributed by atoms with van der Waals surface area (Å²) in [5.41, 5.74) is 1.11. The Morgan fingerprint density at radius 3 is 2.34 bits per heavy atom. The van der Waals surface area contributed by atoms with E-state index in [0.717, 1.165) is 5.56 Å². The fraction of sp³-hybridized carbons (Fsp3) is 0.391. The second kappa shape index (κ2) is 8.87. The molecule has 154 valence electrons. The predicted octanol–water partition coefficient (Wildman–Crippen LogP) is 4.86. The molecule has 0 aliphatic carbocycles. The lowest BCUT2D eigenvalue weighted by atomic mass is 9.86. The molecular formula is C23H27ClN2O3. The lowest BCUT2D eigenvalue weighted by Gasteiger charge is -2.39. The van der Waals surface area contributed by atoms with Gasteiger partial charge in [0.25, 0.3) is 5.91 Å². The van der Waals surface area contributed by atoms with Crippen LogP contribution < -0.4 is 5.32 Å². The van der Waals surface area contributed by atoms with Gasteiger partial charge in [-0.2, -0.15) is 0 Å². The van der Waals surface area contributed by atoms with Crippen LogP contribution in [0.15, 0.2) is 54.6 Å². The van der Waals surface area contributed by atoms with Gasteiger partial charge in [0.1, 0.15) is 5.60 Å². The molecule has 0 bridgehead atoms. The Bertz CT molecular complexity index is 847. The normalized spacial score (nSPS) is 19.5. The van der Waals surface area contributed by atoms with Gasteiger partial charge in [0, 0.05) is 35.6 Å². The molecule has 1 unspecified atom stereocenters. The third-order valence-electron chi connectivity index (χ3n) is 4.92. The molecule has 2 atom stereocenters. The zero-order chi connectivity index (χ0) is 21.0. The van der Waals surface area contributed by atoms with Crippen LogP contribution in [0.5, 0.6) is 0 Å². The first-order valence-electron chi connectivity index (χ1n) is 9.82. The van der Waals surface area contributed by atoms with Crippen LogP contribution in [0.2, 0.25) is 5.02 Å². The summed E-state index contributed by atoms with van der Waals surface area (Å²) < 4.78 is 5.55. The molecule has 29 heavy (non-hydrogen) atoms. The molecule has 1 aliphatic rings. The van der Waals surface area contributed by atoms with Crippen LogP contribution in [0.3, 0.4) is 0 Å². The molecule has 0 saturated carbocycles. The van der Waals surface area contributed by atoms with E-state index in [9.17, 15) is 9.59 Å². The fourth-order valence-corrected chi connectivity index (χ4v) is 3.63. The van der Waals surface area contributed by atoms with E-state index in [4.69, 9.17) is 16.3 Å². The quantitative estimate of drug-likeness (QED) is 0.779. The summed E-state index contributed by atoms with van der Waals surface area (Å²) in [6.07, 6.45) is 0.332. The minimum Gasteiger partial charge on any atom is -0.444 e. The Kier molecular flexibility index (Phi) is 6.48. The van der Waals surface area contributed by atoms with Crippen molar-refractivity contribution in [3.8, 4) is 0 Å². The molecule has 3 rings (SSSR count). The summed E-state index contributed by atoms with van der Waals surface area (Å²) in [6, 6.07) is 16.7. The number of rotatable bonds is 3. The minimum atomic E-state index is -0.543. The van der Waals surface area contributed by atoms with Crippen LogP contribution in [-0.4, -0.2) is 41.6 Å². The van der Waals surface area contributed by atoms with Crippen molar-refractivity contribution in [1.29, 1.82) is 0 Å². The maximum absolute atomic E-state index is 12.7. The highest BCUT2D eigenvalue weighted by atomic mass is 35.5. The van der Waals surface area contributed by atoms with Crippen molar-refractivity contribution in [3.05, 3.63) is 70.7 Å². The number of halogens is 1. The molecule has 6 heteroatoms. The van der Waals surface area contributed by atoms with Gasteiger partial charge in [-0.1, -0.05) is 41.9 Å². The first kappa shape index (κ1) is 21.2. The van der Waals surface area contributed by atoms with Gasteiger partial charge in [-0.15, -0.1) is 0 Å². The van der Waals surface area contributed by atoms with Crippen LogP contribution >= 0.6 is 11.6 Å². The van der Waals surface area contributed by atoms with E-state index in [2.05, 4.69) is 5.32 Å². The second-order valence-corrected chi connectivity index (χ2v) is 8.76. The van der Waals surface area contributed by atoms with Crippen molar-refractivity contribution < 1.29 is 14.3 Å². The number of nitrogens with one attached hydrogen (secondary N) is 1. The summed E-state index contributed by atoms with van der Waals surface area (Å²) in [7, 11) is 0. The Morgan fingerprint density at radius 1 is 1.07 bits per heavy atom. The van der Waals surface area contributed by atoms with Gasteiger partial charge in [0.15, 0.2) is 0 Å². The number of amides is 2. The molecule has 1 heterocycles. The Labute approximate surface area is 177 Å². The van der Waals surface area contributed by atoms with Crippen molar-refractivity contribution in [2.45, 2.75) is 44.8 Å². The standard InChI is InChI=1S/C23H27ClN2O3/c1-23(2,3)29-22(28)26-14-13-20(19(15-26)16-7-5-4-6-8-16)25-21(27)17-9-11-18(24)12-10-17/h4-12,19-20H,13-15H2,1-3H3,(H,25,27)/t19?,20-/m1/s1. The zero-order valence-electron chi connectivity index (χ0n) is 17.0. The van der Waals surface area contributed by atoms with Crippen LogP contribution in [0.25, 0.3) is 0 Å². The monoisotopic (exact) mass is 414 g/mol. The van der Waals surface area contributed by atoms with Crippen LogP contribution in [0.1, 0.15) is 49.0 Å². The Balaban J connectivity index is 1.77. The molecule has 2 aromatic carbocycles. The first-order valence-corrected chi connectivity index (χ1v) is 10.2. The number of carbonyl (C=O) groups excluding carboxylic acids is 2. The van der Waals surface area contributed by atoms with Crippen LogP contribution in [0.4, 0.5) is 4.79 Å². The number of piperidine rings is 1. The number of hydrogen-bond donors (Lipinski definition) is 1. The van der Waals surface area contributed by atoms with E-state index >= 15 is 0 Å². The first-order chi connectivity index (χ1) is 13.7. The van der Waals surface area contributed by atoms with Crippen molar-refractivity contribution in [3.63, 3.8) is 0 Å². The average molecular weight is 415 g/mol. The lowest BCUT2D eigenvalue weighted by Crippen LogP contribution is -2.52. The highest BCUT2D eigenvalue weighted by Crippen LogP contribution is 2.29. The van der Waals surface area contributed by atoms with E-state index in [1.54, 1.807) is 29.2 Å². The van der Waals surface area contributed by atoms with Crippen molar-refractivity contribution in [2.75, 3.05) is 13.1 Å². The van der Waals surface area contributed by atoms with Gasteiger partial charge in [-0.3, -0.25) is 4.79 Å². The minimum absolute atomic E-state index is 0.0197. The molecule has 1 N–H and O–H groups in total. The van der Waals surface area contributed by atoms with Gasteiger partial charge in [0.2, 0.25) is 0 Å². The number of nitrogens with zero attached hydrogens (tertiary/aromatic N) is 1. The maximum atomic E-state index is 12.7. The van der Waals surface area contributed by atoms with Gasteiger partial charge in [0.05, 0.1) is 0 Å². The van der Waals surface area contributed by atoms with Gasteiger partial charge in [-0.05, 0) is 57.0 Å². The molecule has 2 amide bonds. The highest BCUT2D eigenvalue weighted by molar-refractivity contribution is 6.30. The maximum Gasteiger partial charge on any atom is 0.410 e. The van der Waals surface area contributed by atoms with Crippen LogP contribution in [-0.2, 0) is 4.74 Å². The van der Waals surface area contributed by atoms with E-state index in [-0.39, 0.29) is 24.0 Å². The van der Waals surface area contributed by atoms with Crippen molar-refractivity contribution in [1.82, 2.24) is 10.2 Å². The molecule has 0 radical (unpaired) electrons.